The average Bonchev–Trinajstić information content (AvgIpc) is 2.27. The van der Waals surface area contributed by atoms with E-state index in [0.717, 1.165) is 6.07 Å². The van der Waals surface area contributed by atoms with Gasteiger partial charge in [0.25, 0.3) is 0 Å². The van der Waals surface area contributed by atoms with Crippen LogP contribution >= 0.6 is 0 Å². The SMILES string of the molecule is CCN(c1ccc(C(F)(F)F)c(C#N)c1)C(C)C. The van der Waals surface area contributed by atoms with Crippen molar-refractivity contribution in [2.24, 2.45) is 0 Å². The molecule has 0 aromatic heterocycles. The van der Waals surface area contributed by atoms with Crippen molar-refractivity contribution in [2.45, 2.75) is 33.0 Å². The highest BCUT2D eigenvalue weighted by Gasteiger charge is 2.33. The Morgan fingerprint density at radius 3 is 2.33 bits per heavy atom. The predicted octanol–water partition coefficient (Wildman–Crippen LogP) is 3.81. The number of nitriles is 1. The predicted molar refractivity (Wildman–Crippen MR) is 64.3 cm³/mol. The summed E-state index contributed by atoms with van der Waals surface area (Å²) in [4.78, 5) is 1.93. The molecule has 0 saturated heterocycles. The van der Waals surface area contributed by atoms with E-state index < -0.39 is 11.7 Å². The van der Waals surface area contributed by atoms with Crippen molar-refractivity contribution in [1.82, 2.24) is 0 Å². The molecule has 0 amide bonds. The number of halogens is 3. The van der Waals surface area contributed by atoms with E-state index in [1.165, 1.54) is 12.1 Å². The van der Waals surface area contributed by atoms with Gasteiger partial charge in [-0.1, -0.05) is 0 Å². The monoisotopic (exact) mass is 256 g/mol. The molecule has 0 saturated carbocycles. The van der Waals surface area contributed by atoms with Crippen LogP contribution in [0, 0.1) is 11.3 Å². The van der Waals surface area contributed by atoms with Crippen LogP contribution in [0.2, 0.25) is 0 Å². The molecule has 5 heteroatoms. The summed E-state index contributed by atoms with van der Waals surface area (Å²) >= 11 is 0. The van der Waals surface area contributed by atoms with Gasteiger partial charge in [0.2, 0.25) is 0 Å². The van der Waals surface area contributed by atoms with Crippen molar-refractivity contribution in [1.29, 1.82) is 5.26 Å². The molecule has 0 aliphatic rings. The van der Waals surface area contributed by atoms with Crippen LogP contribution in [0.3, 0.4) is 0 Å². The van der Waals surface area contributed by atoms with Gasteiger partial charge in [-0.15, -0.1) is 0 Å². The number of benzene rings is 1. The zero-order valence-electron chi connectivity index (χ0n) is 10.5. The molecule has 1 aromatic carbocycles. The Balaban J connectivity index is 3.26. The second-order valence-electron chi connectivity index (χ2n) is 4.22. The van der Waals surface area contributed by atoms with Gasteiger partial charge in [-0.05, 0) is 39.0 Å². The van der Waals surface area contributed by atoms with Crippen LogP contribution in [0.25, 0.3) is 0 Å². The molecule has 0 atom stereocenters. The minimum Gasteiger partial charge on any atom is -0.369 e. The standard InChI is InChI=1S/C13H15F3N2/c1-4-18(9(2)3)11-5-6-12(13(14,15)16)10(7-11)8-17/h5-7,9H,4H2,1-3H3. The molecule has 0 aliphatic heterocycles. The summed E-state index contributed by atoms with van der Waals surface area (Å²) in [6.45, 7) is 6.50. The highest BCUT2D eigenvalue weighted by molar-refractivity contribution is 5.55. The molecule has 1 aromatic rings. The van der Waals surface area contributed by atoms with E-state index in [1.54, 1.807) is 6.07 Å². The minimum atomic E-state index is -4.49. The molecule has 0 aliphatic carbocycles. The summed E-state index contributed by atoms with van der Waals surface area (Å²) < 4.78 is 37.9. The fraction of sp³-hybridized carbons (Fsp3) is 0.462. The number of hydrogen-bond acceptors (Lipinski definition) is 2. The molecule has 98 valence electrons. The lowest BCUT2D eigenvalue weighted by Gasteiger charge is -2.28. The largest absolute Gasteiger partial charge is 0.417 e. The summed E-state index contributed by atoms with van der Waals surface area (Å²) in [5.74, 6) is 0. The first-order chi connectivity index (χ1) is 8.31. The molecule has 0 bridgehead atoms. The first-order valence-corrected chi connectivity index (χ1v) is 5.69. The zero-order valence-corrected chi connectivity index (χ0v) is 10.5. The van der Waals surface area contributed by atoms with Gasteiger partial charge in [0.05, 0.1) is 17.2 Å². The highest BCUT2D eigenvalue weighted by Crippen LogP contribution is 2.33. The van der Waals surface area contributed by atoms with E-state index in [0.29, 0.717) is 12.2 Å². The average molecular weight is 256 g/mol. The normalized spacial score (nSPS) is 11.4. The molecule has 0 radical (unpaired) electrons. The van der Waals surface area contributed by atoms with Crippen molar-refractivity contribution in [3.8, 4) is 6.07 Å². The molecule has 0 spiro atoms. The van der Waals surface area contributed by atoms with Crippen LogP contribution in [-0.4, -0.2) is 12.6 Å². The maximum Gasteiger partial charge on any atom is 0.417 e. The van der Waals surface area contributed by atoms with Crippen molar-refractivity contribution < 1.29 is 13.2 Å². The Morgan fingerprint density at radius 2 is 1.94 bits per heavy atom. The quantitative estimate of drug-likeness (QED) is 0.822. The first-order valence-electron chi connectivity index (χ1n) is 5.69. The molecule has 0 heterocycles. The summed E-state index contributed by atoms with van der Waals surface area (Å²) in [6, 6.07) is 5.46. The summed E-state index contributed by atoms with van der Waals surface area (Å²) in [5.41, 5.74) is -0.579. The van der Waals surface area contributed by atoms with Crippen molar-refractivity contribution in [2.75, 3.05) is 11.4 Å². The molecule has 0 N–H and O–H groups in total. The van der Waals surface area contributed by atoms with Gasteiger partial charge in [-0.3, -0.25) is 0 Å². The maximum absolute atomic E-state index is 12.6. The third kappa shape index (κ3) is 2.95. The van der Waals surface area contributed by atoms with E-state index in [4.69, 9.17) is 5.26 Å². The number of anilines is 1. The molecule has 2 nitrogen and oxygen atoms in total. The number of hydrogen-bond donors (Lipinski definition) is 0. The van der Waals surface area contributed by atoms with Crippen LogP contribution in [0.5, 0.6) is 0 Å². The number of rotatable bonds is 3. The third-order valence-electron chi connectivity index (χ3n) is 2.72. The summed E-state index contributed by atoms with van der Waals surface area (Å²) in [7, 11) is 0. The van der Waals surface area contributed by atoms with E-state index >= 15 is 0 Å². The molecule has 1 rings (SSSR count). The molecular formula is C13H15F3N2. The Kier molecular flexibility index (Phi) is 4.23. The molecule has 18 heavy (non-hydrogen) atoms. The van der Waals surface area contributed by atoms with E-state index in [9.17, 15) is 13.2 Å². The lowest BCUT2D eigenvalue weighted by Crippen LogP contribution is -2.30. The fourth-order valence-corrected chi connectivity index (χ4v) is 1.90. The maximum atomic E-state index is 12.6. The lowest BCUT2D eigenvalue weighted by atomic mass is 10.1. The van der Waals surface area contributed by atoms with Crippen LogP contribution in [0.1, 0.15) is 31.9 Å². The van der Waals surface area contributed by atoms with Crippen LogP contribution in [0.4, 0.5) is 18.9 Å². The smallest absolute Gasteiger partial charge is 0.369 e. The molecular weight excluding hydrogens is 241 g/mol. The summed E-state index contributed by atoms with van der Waals surface area (Å²) in [6.07, 6.45) is -4.49. The Hall–Kier alpha value is -1.70. The number of alkyl halides is 3. The molecule has 0 unspecified atom stereocenters. The topological polar surface area (TPSA) is 27.0 Å². The minimum absolute atomic E-state index is 0.165. The van der Waals surface area contributed by atoms with Gasteiger partial charge in [-0.2, -0.15) is 18.4 Å². The fourth-order valence-electron chi connectivity index (χ4n) is 1.90. The zero-order chi connectivity index (χ0) is 13.9. The first kappa shape index (κ1) is 14.4. The van der Waals surface area contributed by atoms with Crippen molar-refractivity contribution in [3.63, 3.8) is 0 Å². The second kappa shape index (κ2) is 5.30. The second-order valence-corrected chi connectivity index (χ2v) is 4.22. The highest BCUT2D eigenvalue weighted by atomic mass is 19.4. The van der Waals surface area contributed by atoms with E-state index in [1.807, 2.05) is 25.7 Å². The van der Waals surface area contributed by atoms with Gasteiger partial charge in [0.1, 0.15) is 0 Å². The van der Waals surface area contributed by atoms with Gasteiger partial charge >= 0.3 is 6.18 Å². The van der Waals surface area contributed by atoms with E-state index in [-0.39, 0.29) is 11.6 Å². The van der Waals surface area contributed by atoms with Crippen LogP contribution < -0.4 is 4.90 Å². The van der Waals surface area contributed by atoms with Gasteiger partial charge in [-0.25, -0.2) is 0 Å². The lowest BCUT2D eigenvalue weighted by molar-refractivity contribution is -0.137. The summed E-state index contributed by atoms with van der Waals surface area (Å²) in [5, 5.41) is 8.83. The van der Waals surface area contributed by atoms with Crippen molar-refractivity contribution >= 4 is 5.69 Å². The molecule has 0 fully saturated rings. The van der Waals surface area contributed by atoms with Crippen molar-refractivity contribution in [3.05, 3.63) is 29.3 Å². The van der Waals surface area contributed by atoms with Gasteiger partial charge in [0.15, 0.2) is 0 Å². The Bertz CT molecular complexity index is 458. The Morgan fingerprint density at radius 1 is 1.33 bits per heavy atom. The van der Waals surface area contributed by atoms with Gasteiger partial charge in [0, 0.05) is 18.3 Å². The van der Waals surface area contributed by atoms with Crippen LogP contribution in [-0.2, 0) is 6.18 Å². The third-order valence-corrected chi connectivity index (χ3v) is 2.72. The van der Waals surface area contributed by atoms with Crippen LogP contribution in [0.15, 0.2) is 18.2 Å². The number of nitrogens with zero attached hydrogens (tertiary/aromatic N) is 2. The van der Waals surface area contributed by atoms with E-state index in [2.05, 4.69) is 0 Å². The van der Waals surface area contributed by atoms with Gasteiger partial charge < -0.3 is 4.90 Å². The Labute approximate surface area is 105 Å².